The zero-order valence-electron chi connectivity index (χ0n) is 6.49. The maximum absolute atomic E-state index is 4.24. The summed E-state index contributed by atoms with van der Waals surface area (Å²) < 4.78 is 0. The van der Waals surface area contributed by atoms with Gasteiger partial charge in [-0.25, -0.2) is 0 Å². The molecule has 0 radical (unpaired) electrons. The molecular formula is C9H10N2. The first-order valence-electron chi connectivity index (χ1n) is 3.68. The molecule has 0 saturated heterocycles. The van der Waals surface area contributed by atoms with Crippen LogP contribution in [0.25, 0.3) is 6.08 Å². The number of rotatable bonds is 0. The van der Waals surface area contributed by atoms with Gasteiger partial charge in [0.25, 0.3) is 0 Å². The average molecular weight is 146 g/mol. The van der Waals surface area contributed by atoms with E-state index in [9.17, 15) is 0 Å². The van der Waals surface area contributed by atoms with Gasteiger partial charge < -0.3 is 4.90 Å². The second-order valence-corrected chi connectivity index (χ2v) is 2.78. The van der Waals surface area contributed by atoms with Gasteiger partial charge in [-0.1, -0.05) is 6.07 Å². The molecule has 0 atom stereocenters. The van der Waals surface area contributed by atoms with E-state index in [0.717, 1.165) is 12.2 Å². The molecular weight excluding hydrogens is 136 g/mol. The molecule has 0 saturated carbocycles. The number of nitrogens with zero attached hydrogens (tertiary/aromatic N) is 2. The maximum Gasteiger partial charge on any atom is 0.0693 e. The van der Waals surface area contributed by atoms with Gasteiger partial charge in [0.2, 0.25) is 0 Å². The lowest BCUT2D eigenvalue weighted by Gasteiger charge is -2.19. The van der Waals surface area contributed by atoms with Crippen LogP contribution in [0, 0.1) is 0 Å². The van der Waals surface area contributed by atoms with E-state index in [1.54, 1.807) is 0 Å². The highest BCUT2D eigenvalue weighted by molar-refractivity contribution is 5.50. The van der Waals surface area contributed by atoms with Crippen LogP contribution in [-0.2, 0) is 6.54 Å². The minimum Gasteiger partial charge on any atom is -0.376 e. The van der Waals surface area contributed by atoms with Crippen LogP contribution in [0.2, 0.25) is 0 Å². The second kappa shape index (κ2) is 2.38. The SMILES string of the molecule is CN1C=Cc2ncccc2C1. The summed E-state index contributed by atoms with van der Waals surface area (Å²) >= 11 is 0. The lowest BCUT2D eigenvalue weighted by atomic mass is 10.1. The van der Waals surface area contributed by atoms with Crippen molar-refractivity contribution in [3.05, 3.63) is 35.8 Å². The fraction of sp³-hybridized carbons (Fsp3) is 0.222. The highest BCUT2D eigenvalue weighted by Gasteiger charge is 2.05. The topological polar surface area (TPSA) is 16.1 Å². The highest BCUT2D eigenvalue weighted by Crippen LogP contribution is 2.14. The zero-order valence-corrected chi connectivity index (χ0v) is 6.49. The summed E-state index contributed by atoms with van der Waals surface area (Å²) in [6.45, 7) is 0.972. The van der Waals surface area contributed by atoms with E-state index >= 15 is 0 Å². The summed E-state index contributed by atoms with van der Waals surface area (Å²) in [5.74, 6) is 0. The number of pyridine rings is 1. The molecule has 1 aromatic rings. The predicted octanol–water partition coefficient (Wildman–Crippen LogP) is 1.50. The number of hydrogen-bond donors (Lipinski definition) is 0. The van der Waals surface area contributed by atoms with E-state index in [1.165, 1.54) is 5.56 Å². The largest absolute Gasteiger partial charge is 0.376 e. The fourth-order valence-corrected chi connectivity index (χ4v) is 1.25. The fourth-order valence-electron chi connectivity index (χ4n) is 1.25. The Bertz CT molecular complexity index is 291. The van der Waals surface area contributed by atoms with E-state index in [1.807, 2.05) is 18.3 Å². The molecule has 0 bridgehead atoms. The van der Waals surface area contributed by atoms with Crippen molar-refractivity contribution in [1.82, 2.24) is 9.88 Å². The third-order valence-electron chi connectivity index (χ3n) is 1.83. The van der Waals surface area contributed by atoms with Crippen LogP contribution in [0.1, 0.15) is 11.3 Å². The van der Waals surface area contributed by atoms with Crippen LogP contribution in [0.4, 0.5) is 0 Å². The van der Waals surface area contributed by atoms with E-state index in [4.69, 9.17) is 0 Å². The lowest BCUT2D eigenvalue weighted by Crippen LogP contribution is -2.14. The Morgan fingerprint density at radius 2 is 2.45 bits per heavy atom. The molecule has 0 aromatic carbocycles. The Balaban J connectivity index is 2.46. The van der Waals surface area contributed by atoms with Gasteiger partial charge in [0.05, 0.1) is 5.69 Å². The Morgan fingerprint density at radius 3 is 3.36 bits per heavy atom. The van der Waals surface area contributed by atoms with Gasteiger partial charge in [-0.2, -0.15) is 0 Å². The first kappa shape index (κ1) is 6.40. The molecule has 0 spiro atoms. The molecule has 0 unspecified atom stereocenters. The van der Waals surface area contributed by atoms with Crippen molar-refractivity contribution >= 4 is 6.08 Å². The van der Waals surface area contributed by atoms with E-state index < -0.39 is 0 Å². The van der Waals surface area contributed by atoms with E-state index in [2.05, 4.69) is 29.2 Å². The molecule has 1 aliphatic heterocycles. The molecule has 2 rings (SSSR count). The quantitative estimate of drug-likeness (QED) is 0.551. The molecule has 1 aliphatic rings. The van der Waals surface area contributed by atoms with Crippen LogP contribution >= 0.6 is 0 Å². The number of aromatic nitrogens is 1. The van der Waals surface area contributed by atoms with Crippen molar-refractivity contribution in [2.75, 3.05) is 7.05 Å². The monoisotopic (exact) mass is 146 g/mol. The van der Waals surface area contributed by atoms with Crippen LogP contribution < -0.4 is 0 Å². The minimum absolute atomic E-state index is 0.972. The summed E-state index contributed by atoms with van der Waals surface area (Å²) in [6, 6.07) is 4.09. The Morgan fingerprint density at radius 1 is 1.55 bits per heavy atom. The Kier molecular flexibility index (Phi) is 1.39. The van der Waals surface area contributed by atoms with Crippen molar-refractivity contribution in [2.24, 2.45) is 0 Å². The number of hydrogen-bond acceptors (Lipinski definition) is 2. The van der Waals surface area contributed by atoms with Gasteiger partial charge in [0.15, 0.2) is 0 Å². The van der Waals surface area contributed by atoms with Crippen molar-refractivity contribution < 1.29 is 0 Å². The molecule has 0 N–H and O–H groups in total. The summed E-state index contributed by atoms with van der Waals surface area (Å²) in [4.78, 5) is 6.38. The van der Waals surface area contributed by atoms with E-state index in [0.29, 0.717) is 0 Å². The number of fused-ring (bicyclic) bond motifs is 1. The molecule has 1 aromatic heterocycles. The maximum atomic E-state index is 4.24. The third kappa shape index (κ3) is 1.11. The zero-order chi connectivity index (χ0) is 7.68. The smallest absolute Gasteiger partial charge is 0.0693 e. The molecule has 0 aliphatic carbocycles. The molecule has 2 heterocycles. The van der Waals surface area contributed by atoms with Crippen LogP contribution in [-0.4, -0.2) is 16.9 Å². The molecule has 11 heavy (non-hydrogen) atoms. The molecule has 0 fully saturated rings. The standard InChI is InChI=1S/C9H10N2/c1-11-6-4-9-8(7-11)3-2-5-10-9/h2-6H,7H2,1H3. The van der Waals surface area contributed by atoms with Crippen molar-refractivity contribution in [1.29, 1.82) is 0 Å². The van der Waals surface area contributed by atoms with Gasteiger partial charge in [0, 0.05) is 26.0 Å². The van der Waals surface area contributed by atoms with Crippen molar-refractivity contribution in [3.63, 3.8) is 0 Å². The minimum atomic E-state index is 0.972. The molecule has 2 heteroatoms. The lowest BCUT2D eigenvalue weighted by molar-refractivity contribution is 0.446. The highest BCUT2D eigenvalue weighted by atomic mass is 15.1. The van der Waals surface area contributed by atoms with Crippen LogP contribution in [0.5, 0.6) is 0 Å². The van der Waals surface area contributed by atoms with Crippen molar-refractivity contribution in [2.45, 2.75) is 6.54 Å². The predicted molar refractivity (Wildman–Crippen MR) is 44.7 cm³/mol. The van der Waals surface area contributed by atoms with Gasteiger partial charge in [0.1, 0.15) is 0 Å². The Labute approximate surface area is 66.2 Å². The molecule has 0 amide bonds. The van der Waals surface area contributed by atoms with Gasteiger partial charge in [-0.3, -0.25) is 4.98 Å². The van der Waals surface area contributed by atoms with Crippen LogP contribution in [0.15, 0.2) is 24.5 Å². The third-order valence-corrected chi connectivity index (χ3v) is 1.83. The summed E-state index contributed by atoms with van der Waals surface area (Å²) in [6.07, 6.45) is 5.92. The van der Waals surface area contributed by atoms with Crippen molar-refractivity contribution in [3.8, 4) is 0 Å². The summed E-state index contributed by atoms with van der Waals surface area (Å²) in [7, 11) is 2.06. The summed E-state index contributed by atoms with van der Waals surface area (Å²) in [5.41, 5.74) is 2.41. The van der Waals surface area contributed by atoms with Gasteiger partial charge >= 0.3 is 0 Å². The first-order valence-corrected chi connectivity index (χ1v) is 3.68. The normalized spacial score (nSPS) is 14.8. The van der Waals surface area contributed by atoms with Gasteiger partial charge in [-0.15, -0.1) is 0 Å². The first-order chi connectivity index (χ1) is 5.36. The molecule has 2 nitrogen and oxygen atoms in total. The van der Waals surface area contributed by atoms with E-state index in [-0.39, 0.29) is 0 Å². The van der Waals surface area contributed by atoms with Gasteiger partial charge in [-0.05, 0) is 17.7 Å². The summed E-state index contributed by atoms with van der Waals surface area (Å²) in [5, 5.41) is 0. The molecule has 56 valence electrons. The average Bonchev–Trinajstić information content (AvgIpc) is 2.04. The van der Waals surface area contributed by atoms with Crippen LogP contribution in [0.3, 0.4) is 0 Å². The second-order valence-electron chi connectivity index (χ2n) is 2.78. The Hall–Kier alpha value is -1.31.